The molecular weight excluding hydrogens is 412 g/mol. The van der Waals surface area contributed by atoms with Crippen molar-refractivity contribution in [3.05, 3.63) is 45.9 Å². The number of hydrogen-bond donors (Lipinski definition) is 1. The average molecular weight is 427 g/mol. The molecule has 146 valence electrons. The summed E-state index contributed by atoms with van der Waals surface area (Å²) in [6.07, 6.45) is 3.80. The molecule has 29 heavy (non-hydrogen) atoms. The normalized spacial score (nSPS) is 17.4. The quantitative estimate of drug-likeness (QED) is 0.616. The number of nitrogens with one attached hydrogen (secondary N) is 1. The van der Waals surface area contributed by atoms with Crippen molar-refractivity contribution >= 4 is 34.0 Å². The maximum Gasteiger partial charge on any atom is 0.259 e. The Hall–Kier alpha value is -3.09. The summed E-state index contributed by atoms with van der Waals surface area (Å²) in [5.41, 5.74) is 2.33. The Kier molecular flexibility index (Phi) is 5.13. The number of nitrogens with zero attached hydrogens (tertiary/aromatic N) is 5. The molecule has 0 saturated heterocycles. The number of aromatic nitrogens is 4. The molecule has 1 fully saturated rings. The SMILES string of the molecule is COc1cnc(Cl)cc1-c1cc(C)ncc1C(=O)Nc1nnc([C@@H]2C[C@@H]2C#N)s1. The Morgan fingerprint density at radius 3 is 2.86 bits per heavy atom. The molecule has 1 aliphatic rings. The molecule has 3 aromatic heterocycles. The van der Waals surface area contributed by atoms with Gasteiger partial charge in [0, 0.05) is 28.9 Å². The number of ether oxygens (including phenoxy) is 1. The van der Waals surface area contributed by atoms with E-state index in [0.717, 1.165) is 17.1 Å². The second-order valence-corrected chi connectivity index (χ2v) is 7.95. The first-order valence-corrected chi connectivity index (χ1v) is 9.90. The minimum atomic E-state index is -0.377. The fourth-order valence-corrected chi connectivity index (χ4v) is 4.04. The van der Waals surface area contributed by atoms with Crippen molar-refractivity contribution in [2.75, 3.05) is 12.4 Å². The van der Waals surface area contributed by atoms with Crippen LogP contribution in [-0.4, -0.2) is 33.2 Å². The molecule has 1 amide bonds. The molecular formula is C19H15ClN6O2S. The van der Waals surface area contributed by atoms with Gasteiger partial charge in [-0.25, -0.2) is 4.98 Å². The molecule has 1 saturated carbocycles. The van der Waals surface area contributed by atoms with Crippen LogP contribution < -0.4 is 10.1 Å². The maximum atomic E-state index is 13.0. The van der Waals surface area contributed by atoms with Gasteiger partial charge in [-0.3, -0.25) is 15.1 Å². The zero-order valence-corrected chi connectivity index (χ0v) is 17.1. The van der Waals surface area contributed by atoms with E-state index in [0.29, 0.717) is 27.6 Å². The Balaban J connectivity index is 1.65. The van der Waals surface area contributed by atoms with E-state index in [1.807, 2.05) is 6.92 Å². The van der Waals surface area contributed by atoms with Gasteiger partial charge in [-0.2, -0.15) is 5.26 Å². The Bertz CT molecular complexity index is 1140. The van der Waals surface area contributed by atoms with E-state index in [2.05, 4.69) is 31.6 Å². The third-order valence-corrected chi connectivity index (χ3v) is 5.74. The van der Waals surface area contributed by atoms with Gasteiger partial charge in [0.15, 0.2) is 0 Å². The van der Waals surface area contributed by atoms with E-state index < -0.39 is 0 Å². The standard InChI is InChI=1S/C19H15ClN6O2S/c1-9-3-12(13-5-16(20)23-8-15(13)28-2)14(7-22-9)17(27)24-19-26-25-18(29-19)11-4-10(11)6-21/h3,5,7-8,10-11H,4H2,1-2H3,(H,24,26,27)/t10-,11-/m1/s1. The van der Waals surface area contributed by atoms with Gasteiger partial charge in [0.1, 0.15) is 15.9 Å². The highest BCUT2D eigenvalue weighted by molar-refractivity contribution is 7.15. The zero-order chi connectivity index (χ0) is 20.5. The molecule has 0 spiro atoms. The number of hydrogen-bond acceptors (Lipinski definition) is 8. The molecule has 1 N–H and O–H groups in total. The molecule has 3 aromatic rings. The number of amides is 1. The molecule has 8 nitrogen and oxygen atoms in total. The smallest absolute Gasteiger partial charge is 0.259 e. The average Bonchev–Trinajstić information content (AvgIpc) is 3.37. The van der Waals surface area contributed by atoms with E-state index in [1.165, 1.54) is 30.8 Å². The van der Waals surface area contributed by atoms with Crippen molar-refractivity contribution in [3.63, 3.8) is 0 Å². The molecule has 3 heterocycles. The van der Waals surface area contributed by atoms with Crippen molar-refractivity contribution < 1.29 is 9.53 Å². The lowest BCUT2D eigenvalue weighted by Gasteiger charge is -2.13. The van der Waals surface area contributed by atoms with Gasteiger partial charge in [-0.05, 0) is 25.5 Å². The first-order chi connectivity index (χ1) is 14.0. The number of halogens is 1. The summed E-state index contributed by atoms with van der Waals surface area (Å²) < 4.78 is 5.39. The first kappa shape index (κ1) is 19.2. The van der Waals surface area contributed by atoms with Crippen LogP contribution in [0.25, 0.3) is 11.1 Å². The largest absolute Gasteiger partial charge is 0.494 e. The summed E-state index contributed by atoms with van der Waals surface area (Å²) in [6.45, 7) is 1.83. The van der Waals surface area contributed by atoms with Crippen LogP contribution in [0.3, 0.4) is 0 Å². The summed E-state index contributed by atoms with van der Waals surface area (Å²) in [5.74, 6) is 0.215. The number of carbonyl (C=O) groups is 1. The molecule has 0 aliphatic heterocycles. The van der Waals surface area contributed by atoms with E-state index in [1.54, 1.807) is 12.1 Å². The predicted octanol–water partition coefficient (Wildman–Crippen LogP) is 3.84. The Labute approximate surface area is 175 Å². The lowest BCUT2D eigenvalue weighted by Crippen LogP contribution is -2.14. The number of pyridine rings is 2. The summed E-state index contributed by atoms with van der Waals surface area (Å²) in [5, 5.41) is 21.3. The van der Waals surface area contributed by atoms with Gasteiger partial charge in [0.05, 0.1) is 30.9 Å². The first-order valence-electron chi connectivity index (χ1n) is 8.71. The Morgan fingerprint density at radius 1 is 1.31 bits per heavy atom. The molecule has 1 aliphatic carbocycles. The second kappa shape index (κ2) is 7.73. The number of anilines is 1. The van der Waals surface area contributed by atoms with E-state index in [-0.39, 0.29) is 22.9 Å². The third kappa shape index (κ3) is 3.90. The summed E-state index contributed by atoms with van der Waals surface area (Å²) >= 11 is 7.34. The number of rotatable bonds is 5. The predicted molar refractivity (Wildman–Crippen MR) is 108 cm³/mol. The minimum absolute atomic E-state index is 0.0108. The van der Waals surface area contributed by atoms with Gasteiger partial charge in [-0.1, -0.05) is 22.9 Å². The van der Waals surface area contributed by atoms with Crippen LogP contribution in [0.5, 0.6) is 5.75 Å². The van der Waals surface area contributed by atoms with Crippen LogP contribution >= 0.6 is 22.9 Å². The van der Waals surface area contributed by atoms with Crippen LogP contribution in [0, 0.1) is 24.2 Å². The third-order valence-electron chi connectivity index (χ3n) is 4.56. The molecule has 10 heteroatoms. The lowest BCUT2D eigenvalue weighted by atomic mass is 10.0. The van der Waals surface area contributed by atoms with Crippen molar-refractivity contribution in [1.29, 1.82) is 5.26 Å². The monoisotopic (exact) mass is 426 g/mol. The van der Waals surface area contributed by atoms with Gasteiger partial charge in [0.2, 0.25) is 5.13 Å². The van der Waals surface area contributed by atoms with Crippen molar-refractivity contribution in [3.8, 4) is 22.9 Å². The summed E-state index contributed by atoms with van der Waals surface area (Å²) in [6, 6.07) is 5.66. The fourth-order valence-electron chi connectivity index (χ4n) is 2.96. The number of nitriles is 1. The summed E-state index contributed by atoms with van der Waals surface area (Å²) in [4.78, 5) is 21.2. The molecule has 4 rings (SSSR count). The molecule has 0 radical (unpaired) electrons. The Morgan fingerprint density at radius 2 is 2.14 bits per heavy atom. The minimum Gasteiger partial charge on any atom is -0.494 e. The highest BCUT2D eigenvalue weighted by Gasteiger charge is 2.41. The lowest BCUT2D eigenvalue weighted by molar-refractivity contribution is 0.102. The van der Waals surface area contributed by atoms with E-state index in [9.17, 15) is 4.79 Å². The van der Waals surface area contributed by atoms with Crippen molar-refractivity contribution in [2.45, 2.75) is 19.3 Å². The molecule has 0 bridgehead atoms. The second-order valence-electron chi connectivity index (χ2n) is 6.56. The number of methoxy groups -OCH3 is 1. The zero-order valence-electron chi connectivity index (χ0n) is 15.5. The number of carbonyl (C=O) groups excluding carboxylic acids is 1. The van der Waals surface area contributed by atoms with Gasteiger partial charge in [-0.15, -0.1) is 10.2 Å². The van der Waals surface area contributed by atoms with Crippen LogP contribution in [0.15, 0.2) is 24.5 Å². The topological polar surface area (TPSA) is 114 Å². The van der Waals surface area contributed by atoms with Crippen LogP contribution in [0.4, 0.5) is 5.13 Å². The van der Waals surface area contributed by atoms with Crippen LogP contribution in [0.1, 0.15) is 33.4 Å². The van der Waals surface area contributed by atoms with Gasteiger partial charge >= 0.3 is 0 Å². The molecule has 0 aromatic carbocycles. The maximum absolute atomic E-state index is 13.0. The molecule has 0 unspecified atom stereocenters. The van der Waals surface area contributed by atoms with Crippen molar-refractivity contribution in [1.82, 2.24) is 20.2 Å². The number of aryl methyl sites for hydroxylation is 1. The summed E-state index contributed by atoms with van der Waals surface area (Å²) in [7, 11) is 1.53. The fraction of sp³-hybridized carbons (Fsp3) is 0.263. The van der Waals surface area contributed by atoms with E-state index in [4.69, 9.17) is 21.6 Å². The highest BCUT2D eigenvalue weighted by atomic mass is 35.5. The van der Waals surface area contributed by atoms with Crippen molar-refractivity contribution in [2.24, 2.45) is 5.92 Å². The van der Waals surface area contributed by atoms with Crippen LogP contribution in [0.2, 0.25) is 5.15 Å². The van der Waals surface area contributed by atoms with Gasteiger partial charge < -0.3 is 4.74 Å². The van der Waals surface area contributed by atoms with Gasteiger partial charge in [0.25, 0.3) is 5.91 Å². The molecule has 2 atom stereocenters. The van der Waals surface area contributed by atoms with E-state index >= 15 is 0 Å². The van der Waals surface area contributed by atoms with Crippen LogP contribution in [-0.2, 0) is 0 Å². The highest BCUT2D eigenvalue weighted by Crippen LogP contribution is 2.48.